The SMILES string of the molecule is CC(=O)Nc1ccn([C@@H]2S[C@H](COC(=O)c3ccc4ccccc4c3)[C@@H](OC(=O)c3ccc4ccccc4c3)[C@@H]2F)c(=O)n1. The lowest BCUT2D eigenvalue weighted by atomic mass is 10.1. The van der Waals surface area contributed by atoms with E-state index < -0.39 is 46.4 Å². The fourth-order valence-corrected chi connectivity index (χ4v) is 6.58. The van der Waals surface area contributed by atoms with Gasteiger partial charge in [0.1, 0.15) is 17.8 Å². The van der Waals surface area contributed by atoms with E-state index in [9.17, 15) is 19.2 Å². The van der Waals surface area contributed by atoms with Gasteiger partial charge in [-0.1, -0.05) is 60.7 Å². The van der Waals surface area contributed by atoms with Crippen LogP contribution in [-0.2, 0) is 14.3 Å². The summed E-state index contributed by atoms with van der Waals surface area (Å²) < 4.78 is 28.5. The molecule has 5 aromatic rings. The first kappa shape index (κ1) is 29.1. The highest BCUT2D eigenvalue weighted by Crippen LogP contribution is 2.45. The number of benzene rings is 4. The summed E-state index contributed by atoms with van der Waals surface area (Å²) in [5.41, 5.74) is -0.252. The maximum absolute atomic E-state index is 16.1. The summed E-state index contributed by atoms with van der Waals surface area (Å²) in [6.07, 6.45) is -1.88. The van der Waals surface area contributed by atoms with Crippen molar-refractivity contribution in [3.8, 4) is 0 Å². The predicted octanol–water partition coefficient (Wildman–Crippen LogP) is 5.54. The number of carbonyl (C=O) groups is 3. The lowest BCUT2D eigenvalue weighted by Crippen LogP contribution is -2.37. The molecule has 0 bridgehead atoms. The van der Waals surface area contributed by atoms with Crippen LogP contribution in [0.2, 0.25) is 0 Å². The van der Waals surface area contributed by atoms with Crippen LogP contribution >= 0.6 is 11.8 Å². The van der Waals surface area contributed by atoms with Crippen LogP contribution in [0.5, 0.6) is 0 Å². The Balaban J connectivity index is 1.25. The Morgan fingerprint density at radius 3 is 2.05 bits per heavy atom. The molecular formula is C33H26FN3O6S. The summed E-state index contributed by atoms with van der Waals surface area (Å²) in [6, 6.07) is 26.6. The summed E-state index contributed by atoms with van der Waals surface area (Å²) in [4.78, 5) is 54.3. The number of nitrogens with zero attached hydrogens (tertiary/aromatic N) is 2. The zero-order valence-electron chi connectivity index (χ0n) is 23.4. The Morgan fingerprint density at radius 2 is 1.45 bits per heavy atom. The number of hydrogen-bond acceptors (Lipinski definition) is 8. The minimum atomic E-state index is -1.85. The number of carbonyl (C=O) groups excluding carboxylic acids is 3. The average Bonchev–Trinajstić information content (AvgIpc) is 3.33. The molecule has 11 heteroatoms. The number of thioether (sulfide) groups is 1. The van der Waals surface area contributed by atoms with E-state index in [1.807, 2.05) is 54.6 Å². The van der Waals surface area contributed by atoms with Gasteiger partial charge < -0.3 is 14.8 Å². The van der Waals surface area contributed by atoms with Gasteiger partial charge in [0.2, 0.25) is 5.91 Å². The standard InChI is InChI=1S/C33H26FN3O6S/c1-19(38)35-27-14-15-37(33(41)36-27)30-28(34)29(43-32(40)25-13-11-21-7-3-5-9-23(21)17-25)26(44-30)18-42-31(39)24-12-10-20-6-2-4-8-22(20)16-24/h2-17,26,28-30H,18H2,1H3,(H,35,36,38,41)/t26-,28+,29-,30-/m1/s1. The average molecular weight is 612 g/mol. The summed E-state index contributed by atoms with van der Waals surface area (Å²) in [5.74, 6) is -1.75. The van der Waals surface area contributed by atoms with Crippen LogP contribution in [0.3, 0.4) is 0 Å². The number of esters is 2. The Labute approximate surface area is 255 Å². The molecule has 44 heavy (non-hydrogen) atoms. The number of fused-ring (bicyclic) bond motifs is 2. The van der Waals surface area contributed by atoms with Crippen LogP contribution in [0.1, 0.15) is 33.0 Å². The summed E-state index contributed by atoms with van der Waals surface area (Å²) >= 11 is 1.000. The number of nitrogens with one attached hydrogen (secondary N) is 1. The molecule has 2 heterocycles. The normalized spacial score (nSPS) is 19.5. The van der Waals surface area contributed by atoms with Crippen molar-refractivity contribution < 1.29 is 28.2 Å². The molecule has 4 atom stereocenters. The number of aromatic nitrogens is 2. The van der Waals surface area contributed by atoms with Gasteiger partial charge in [-0.2, -0.15) is 4.98 Å². The highest BCUT2D eigenvalue weighted by atomic mass is 32.2. The van der Waals surface area contributed by atoms with E-state index in [2.05, 4.69) is 10.3 Å². The Bertz CT molecular complexity index is 1960. The molecule has 0 unspecified atom stereocenters. The number of hydrogen-bond donors (Lipinski definition) is 1. The van der Waals surface area contributed by atoms with Crippen LogP contribution in [-0.4, -0.2) is 51.5 Å². The molecule has 0 aliphatic carbocycles. The Hall–Kier alpha value is -5.03. The van der Waals surface area contributed by atoms with E-state index in [4.69, 9.17) is 9.47 Å². The molecule has 9 nitrogen and oxygen atoms in total. The molecule has 1 aromatic heterocycles. The molecule has 4 aromatic carbocycles. The molecule has 1 aliphatic heterocycles. The number of alkyl halides is 1. The van der Waals surface area contributed by atoms with Gasteiger partial charge in [-0.15, -0.1) is 11.8 Å². The molecule has 1 N–H and O–H groups in total. The van der Waals surface area contributed by atoms with E-state index in [1.54, 1.807) is 30.3 Å². The second-order valence-corrected chi connectivity index (χ2v) is 11.6. The van der Waals surface area contributed by atoms with Crippen molar-refractivity contribution in [2.75, 3.05) is 11.9 Å². The van der Waals surface area contributed by atoms with Crippen molar-refractivity contribution in [3.63, 3.8) is 0 Å². The van der Waals surface area contributed by atoms with Gasteiger partial charge in [0, 0.05) is 13.1 Å². The monoisotopic (exact) mass is 611 g/mol. The third-order valence-corrected chi connectivity index (χ3v) is 8.79. The number of halogens is 1. The maximum Gasteiger partial charge on any atom is 0.350 e. The highest BCUT2D eigenvalue weighted by Gasteiger charge is 2.49. The van der Waals surface area contributed by atoms with Crippen molar-refractivity contribution in [1.82, 2.24) is 9.55 Å². The Kier molecular flexibility index (Phi) is 8.12. The second-order valence-electron chi connectivity index (χ2n) is 10.3. The molecule has 0 radical (unpaired) electrons. The van der Waals surface area contributed by atoms with Crippen LogP contribution in [0, 0.1) is 0 Å². The van der Waals surface area contributed by atoms with E-state index >= 15 is 4.39 Å². The topological polar surface area (TPSA) is 117 Å². The van der Waals surface area contributed by atoms with Gasteiger partial charge >= 0.3 is 17.6 Å². The first-order valence-corrected chi connectivity index (χ1v) is 14.7. The van der Waals surface area contributed by atoms with Crippen LogP contribution in [0.4, 0.5) is 10.2 Å². The van der Waals surface area contributed by atoms with Crippen molar-refractivity contribution >= 4 is 57.0 Å². The summed E-state index contributed by atoms with van der Waals surface area (Å²) in [6.45, 7) is 0.991. The van der Waals surface area contributed by atoms with E-state index in [0.29, 0.717) is 5.56 Å². The third-order valence-electron chi connectivity index (χ3n) is 7.27. The van der Waals surface area contributed by atoms with Gasteiger partial charge in [0.05, 0.1) is 16.4 Å². The number of rotatable bonds is 7. The molecule has 222 valence electrons. The maximum atomic E-state index is 16.1. The first-order valence-electron chi connectivity index (χ1n) is 13.8. The van der Waals surface area contributed by atoms with Gasteiger partial charge in [-0.3, -0.25) is 9.36 Å². The minimum Gasteiger partial charge on any atom is -0.461 e. The summed E-state index contributed by atoms with van der Waals surface area (Å²) in [5, 5.41) is 4.00. The number of anilines is 1. The molecule has 1 saturated heterocycles. The van der Waals surface area contributed by atoms with Crippen molar-refractivity contribution in [2.45, 2.75) is 29.8 Å². The highest BCUT2D eigenvalue weighted by molar-refractivity contribution is 8.00. The first-order chi connectivity index (χ1) is 21.3. The van der Waals surface area contributed by atoms with Crippen molar-refractivity contribution in [1.29, 1.82) is 0 Å². The fraction of sp³-hybridized carbons (Fsp3) is 0.182. The largest absolute Gasteiger partial charge is 0.461 e. The van der Waals surface area contributed by atoms with Gasteiger partial charge in [0.25, 0.3) is 0 Å². The van der Waals surface area contributed by atoms with Crippen molar-refractivity contribution in [3.05, 3.63) is 119 Å². The quantitative estimate of drug-likeness (QED) is 0.239. The number of ether oxygens (including phenoxy) is 2. The predicted molar refractivity (Wildman–Crippen MR) is 165 cm³/mol. The van der Waals surface area contributed by atoms with E-state index in [0.717, 1.165) is 37.9 Å². The molecule has 6 rings (SSSR count). The lowest BCUT2D eigenvalue weighted by Gasteiger charge is -2.21. The van der Waals surface area contributed by atoms with Gasteiger partial charge in [0.15, 0.2) is 12.3 Å². The van der Waals surface area contributed by atoms with Crippen LogP contribution in [0.15, 0.2) is 102 Å². The van der Waals surface area contributed by atoms with E-state index in [1.165, 1.54) is 19.2 Å². The fourth-order valence-electron chi connectivity index (χ4n) is 5.11. The second kappa shape index (κ2) is 12.3. The molecule has 0 saturated carbocycles. The minimum absolute atomic E-state index is 0.0253. The van der Waals surface area contributed by atoms with E-state index in [-0.39, 0.29) is 18.0 Å². The van der Waals surface area contributed by atoms with Crippen molar-refractivity contribution in [2.24, 2.45) is 0 Å². The molecular weight excluding hydrogens is 585 g/mol. The zero-order chi connectivity index (χ0) is 30.8. The lowest BCUT2D eigenvalue weighted by molar-refractivity contribution is -0.114. The number of amides is 1. The van der Waals surface area contributed by atoms with Gasteiger partial charge in [-0.05, 0) is 51.9 Å². The smallest absolute Gasteiger partial charge is 0.350 e. The van der Waals surface area contributed by atoms with Crippen LogP contribution in [0.25, 0.3) is 21.5 Å². The zero-order valence-corrected chi connectivity index (χ0v) is 24.2. The molecule has 0 spiro atoms. The molecule has 1 fully saturated rings. The Morgan fingerprint density at radius 1 is 0.864 bits per heavy atom. The van der Waals surface area contributed by atoms with Gasteiger partial charge in [-0.25, -0.2) is 18.8 Å². The molecule has 1 aliphatic rings. The third kappa shape index (κ3) is 6.04. The molecule has 1 amide bonds. The summed E-state index contributed by atoms with van der Waals surface area (Å²) in [7, 11) is 0. The van der Waals surface area contributed by atoms with Crippen LogP contribution < -0.4 is 11.0 Å².